The number of rotatable bonds is 8. The highest BCUT2D eigenvalue weighted by Gasteiger charge is 2.46. The number of nitrogens with zero attached hydrogens (tertiary/aromatic N) is 1. The number of ketones is 1. The number of benzene rings is 2. The van der Waals surface area contributed by atoms with Crippen LogP contribution < -0.4 is 9.47 Å². The molecule has 1 atom stereocenters. The Morgan fingerprint density at radius 3 is 2.53 bits per heavy atom. The van der Waals surface area contributed by atoms with E-state index < -0.39 is 29.5 Å². The number of likely N-dealkylation sites (tertiary alicyclic amines) is 1. The summed E-state index contributed by atoms with van der Waals surface area (Å²) in [5.74, 6) is -2.35. The zero-order valence-corrected chi connectivity index (χ0v) is 20.3. The third-order valence-electron chi connectivity index (χ3n) is 5.19. The fourth-order valence-corrected chi connectivity index (χ4v) is 4.41. The highest BCUT2D eigenvalue weighted by Crippen LogP contribution is 2.43. The lowest BCUT2D eigenvalue weighted by molar-refractivity contribution is -0.140. The number of carbonyl (C=O) groups is 3. The smallest absolute Gasteiger partial charge is 0.308 e. The van der Waals surface area contributed by atoms with Crippen molar-refractivity contribution in [2.45, 2.75) is 19.4 Å². The van der Waals surface area contributed by atoms with Gasteiger partial charge in [-0.05, 0) is 36.2 Å². The van der Waals surface area contributed by atoms with Crippen LogP contribution in [0.4, 0.5) is 0 Å². The normalized spacial score (nSPS) is 17.2. The molecule has 10 heteroatoms. The summed E-state index contributed by atoms with van der Waals surface area (Å²) in [5, 5.41) is 11.6. The van der Waals surface area contributed by atoms with Crippen LogP contribution in [0.1, 0.15) is 30.5 Å². The number of aliphatic hydroxyl groups is 1. The van der Waals surface area contributed by atoms with Crippen LogP contribution in [0, 0.1) is 0 Å². The number of methoxy groups -OCH3 is 2. The Morgan fingerprint density at radius 2 is 1.88 bits per heavy atom. The van der Waals surface area contributed by atoms with Gasteiger partial charge in [0.2, 0.25) is 0 Å². The van der Waals surface area contributed by atoms with Gasteiger partial charge in [0.15, 0.2) is 0 Å². The lowest BCUT2D eigenvalue weighted by Gasteiger charge is -2.25. The fourth-order valence-electron chi connectivity index (χ4n) is 3.84. The van der Waals surface area contributed by atoms with E-state index in [2.05, 4.69) is 0 Å². The van der Waals surface area contributed by atoms with E-state index in [1.54, 1.807) is 18.2 Å². The lowest BCUT2D eigenvalue weighted by Crippen LogP contribution is -2.31. The Bertz CT molecular complexity index is 1160. The molecule has 0 spiro atoms. The maximum Gasteiger partial charge on any atom is 0.308 e. The molecular formula is C24H23Cl2NO7. The third-order valence-corrected chi connectivity index (χ3v) is 5.69. The monoisotopic (exact) mass is 507 g/mol. The summed E-state index contributed by atoms with van der Waals surface area (Å²) in [6.07, 6.45) is 0.454. The standard InChI is InChI=1S/C24H23Cl2NO7/c1-13(28)34-16-7-4-6-14(10-16)20-19(22(30)24(31)27(20)8-5-9-32-2)21(29)17-11-15(25)12-18(26)23(17)33-3/h4,6-7,10-12,20,29H,5,8-9H2,1-3H3/b21-19+. The number of hydrogen-bond donors (Lipinski definition) is 1. The molecule has 1 amide bonds. The van der Waals surface area contributed by atoms with E-state index in [0.29, 0.717) is 18.6 Å². The minimum absolute atomic E-state index is 0.0658. The molecule has 1 aliphatic rings. The Kier molecular flexibility index (Phi) is 8.19. The van der Waals surface area contributed by atoms with Crippen molar-refractivity contribution < 1.29 is 33.7 Å². The minimum Gasteiger partial charge on any atom is -0.507 e. The quantitative estimate of drug-likeness (QED) is 0.141. The van der Waals surface area contributed by atoms with Crippen molar-refractivity contribution in [1.82, 2.24) is 4.90 Å². The Hall–Kier alpha value is -3.07. The second-order valence-corrected chi connectivity index (χ2v) is 8.32. The number of halogens is 2. The summed E-state index contributed by atoms with van der Waals surface area (Å²) in [7, 11) is 2.89. The molecule has 1 heterocycles. The first-order valence-corrected chi connectivity index (χ1v) is 11.0. The maximum atomic E-state index is 13.1. The summed E-state index contributed by atoms with van der Waals surface area (Å²) in [4.78, 5) is 38.9. The first kappa shape index (κ1) is 25.6. The molecule has 0 saturated carbocycles. The molecular weight excluding hydrogens is 485 g/mol. The number of carbonyl (C=O) groups excluding carboxylic acids is 3. The van der Waals surface area contributed by atoms with Gasteiger partial charge in [-0.25, -0.2) is 0 Å². The third kappa shape index (κ3) is 5.19. The van der Waals surface area contributed by atoms with Crippen LogP contribution in [-0.4, -0.2) is 55.0 Å². The van der Waals surface area contributed by atoms with Crippen LogP contribution in [-0.2, 0) is 19.1 Å². The molecule has 0 radical (unpaired) electrons. The summed E-state index contributed by atoms with van der Waals surface area (Å²) in [6, 6.07) is 8.27. The first-order chi connectivity index (χ1) is 16.2. The number of Topliss-reactive ketones (excluding diaryl/α,β-unsaturated/α-hetero) is 1. The van der Waals surface area contributed by atoms with Crippen LogP contribution in [0.5, 0.6) is 11.5 Å². The first-order valence-electron chi connectivity index (χ1n) is 10.3. The predicted molar refractivity (Wildman–Crippen MR) is 126 cm³/mol. The molecule has 8 nitrogen and oxygen atoms in total. The van der Waals surface area contributed by atoms with Crippen molar-refractivity contribution in [1.29, 1.82) is 0 Å². The maximum absolute atomic E-state index is 13.1. The van der Waals surface area contributed by atoms with Gasteiger partial charge in [0, 0.05) is 32.2 Å². The van der Waals surface area contributed by atoms with Crippen molar-refractivity contribution in [3.8, 4) is 11.5 Å². The molecule has 34 heavy (non-hydrogen) atoms. The molecule has 2 aromatic carbocycles. The Morgan fingerprint density at radius 1 is 1.15 bits per heavy atom. The van der Waals surface area contributed by atoms with Crippen molar-refractivity contribution in [3.05, 3.63) is 63.1 Å². The molecule has 3 rings (SSSR count). The summed E-state index contributed by atoms with van der Waals surface area (Å²) >= 11 is 12.4. The number of esters is 1. The van der Waals surface area contributed by atoms with E-state index in [9.17, 15) is 19.5 Å². The van der Waals surface area contributed by atoms with E-state index in [1.165, 1.54) is 44.2 Å². The van der Waals surface area contributed by atoms with Gasteiger partial charge in [-0.1, -0.05) is 35.3 Å². The van der Waals surface area contributed by atoms with Crippen LogP contribution >= 0.6 is 23.2 Å². The number of ether oxygens (including phenoxy) is 3. The van der Waals surface area contributed by atoms with Crippen molar-refractivity contribution in [2.24, 2.45) is 0 Å². The van der Waals surface area contributed by atoms with E-state index in [0.717, 1.165) is 0 Å². The zero-order chi connectivity index (χ0) is 25.0. The molecule has 0 aromatic heterocycles. The average molecular weight is 508 g/mol. The number of amides is 1. The fraction of sp³-hybridized carbons (Fsp3) is 0.292. The molecule has 1 unspecified atom stereocenters. The molecule has 1 fully saturated rings. The van der Waals surface area contributed by atoms with Crippen LogP contribution in [0.25, 0.3) is 5.76 Å². The van der Waals surface area contributed by atoms with E-state index >= 15 is 0 Å². The van der Waals surface area contributed by atoms with E-state index in [1.807, 2.05) is 0 Å². The topological polar surface area (TPSA) is 102 Å². The van der Waals surface area contributed by atoms with Crippen LogP contribution in [0.3, 0.4) is 0 Å². The molecule has 0 bridgehead atoms. The van der Waals surface area contributed by atoms with Gasteiger partial charge in [0.1, 0.15) is 17.3 Å². The van der Waals surface area contributed by atoms with Crippen molar-refractivity contribution >= 4 is 46.6 Å². The molecule has 2 aromatic rings. The summed E-state index contributed by atoms with van der Waals surface area (Å²) in [6.45, 7) is 1.81. The molecule has 1 saturated heterocycles. The Labute approximate surface area is 206 Å². The minimum atomic E-state index is -0.963. The van der Waals surface area contributed by atoms with Crippen LogP contribution in [0.15, 0.2) is 42.0 Å². The lowest BCUT2D eigenvalue weighted by atomic mass is 9.94. The SMILES string of the molecule is COCCCN1C(=O)C(=O)/C(=C(/O)c2cc(Cl)cc(Cl)c2OC)C1c1cccc(OC(C)=O)c1. The zero-order valence-electron chi connectivity index (χ0n) is 18.8. The van der Waals surface area contributed by atoms with Gasteiger partial charge >= 0.3 is 5.97 Å². The van der Waals surface area contributed by atoms with Crippen molar-refractivity contribution in [3.63, 3.8) is 0 Å². The van der Waals surface area contributed by atoms with Gasteiger partial charge in [0.25, 0.3) is 11.7 Å². The van der Waals surface area contributed by atoms with Gasteiger partial charge in [-0.2, -0.15) is 0 Å². The average Bonchev–Trinajstić information content (AvgIpc) is 3.03. The number of hydrogen-bond acceptors (Lipinski definition) is 7. The second kappa shape index (κ2) is 10.9. The highest BCUT2D eigenvalue weighted by molar-refractivity contribution is 6.46. The Balaban J connectivity index is 2.23. The van der Waals surface area contributed by atoms with Gasteiger partial charge in [-0.15, -0.1) is 0 Å². The van der Waals surface area contributed by atoms with Crippen LogP contribution in [0.2, 0.25) is 10.0 Å². The van der Waals surface area contributed by atoms with E-state index in [4.69, 9.17) is 37.4 Å². The van der Waals surface area contributed by atoms with Gasteiger partial charge in [-0.3, -0.25) is 14.4 Å². The predicted octanol–water partition coefficient (Wildman–Crippen LogP) is 4.39. The molecule has 0 aliphatic carbocycles. The second-order valence-electron chi connectivity index (χ2n) is 7.47. The summed E-state index contributed by atoms with van der Waals surface area (Å²) < 4.78 is 15.6. The molecule has 1 aliphatic heterocycles. The highest BCUT2D eigenvalue weighted by atomic mass is 35.5. The molecule has 180 valence electrons. The summed E-state index contributed by atoms with van der Waals surface area (Å²) in [5.41, 5.74) is 0.360. The van der Waals surface area contributed by atoms with Gasteiger partial charge < -0.3 is 24.2 Å². The number of aliphatic hydroxyl groups excluding tert-OH is 1. The largest absolute Gasteiger partial charge is 0.507 e. The van der Waals surface area contributed by atoms with Gasteiger partial charge in [0.05, 0.1) is 29.3 Å². The molecule has 1 N–H and O–H groups in total. The van der Waals surface area contributed by atoms with E-state index in [-0.39, 0.29) is 39.2 Å². The van der Waals surface area contributed by atoms with Crippen molar-refractivity contribution in [2.75, 3.05) is 27.4 Å².